The monoisotopic (exact) mass is 490 g/mol. The standard InChI is InChI=1S/C28H34N4O4/c1-2-36-28(35)23-10-11-24-25(18-23)32(29)20-31(27(24)26(34)19-33)15-7-6-14-30-16-12-22(13-17-30)21-8-4-3-5-9-21/h3-5,8-12,18-19,27H,2,6-7,13-17,20,29H2,1H3. The lowest BCUT2D eigenvalue weighted by atomic mass is 9.95. The highest BCUT2D eigenvalue weighted by molar-refractivity contribution is 6.27. The first kappa shape index (κ1) is 25.8. The van der Waals surface area contributed by atoms with Gasteiger partial charge in [-0.15, -0.1) is 0 Å². The molecule has 0 bridgehead atoms. The van der Waals surface area contributed by atoms with E-state index in [-0.39, 0.29) is 13.3 Å². The Morgan fingerprint density at radius 2 is 1.89 bits per heavy atom. The summed E-state index contributed by atoms with van der Waals surface area (Å²) in [6.45, 7) is 5.88. The lowest BCUT2D eigenvalue weighted by Crippen LogP contribution is -2.51. The number of unbranched alkanes of at least 4 members (excludes halogenated alkanes) is 1. The number of hydrogen-bond acceptors (Lipinski definition) is 8. The number of hydrogen-bond donors (Lipinski definition) is 1. The zero-order chi connectivity index (χ0) is 25.5. The molecule has 2 aliphatic rings. The predicted molar refractivity (Wildman–Crippen MR) is 139 cm³/mol. The summed E-state index contributed by atoms with van der Waals surface area (Å²) < 4.78 is 5.08. The number of ketones is 1. The minimum absolute atomic E-state index is 0.268. The summed E-state index contributed by atoms with van der Waals surface area (Å²) in [7, 11) is 0. The number of nitrogens with zero attached hydrogens (tertiary/aromatic N) is 3. The minimum Gasteiger partial charge on any atom is -0.462 e. The maximum absolute atomic E-state index is 12.6. The van der Waals surface area contributed by atoms with Crippen LogP contribution in [-0.4, -0.2) is 67.3 Å². The highest BCUT2D eigenvalue weighted by Gasteiger charge is 2.35. The molecule has 8 heteroatoms. The largest absolute Gasteiger partial charge is 0.462 e. The van der Waals surface area contributed by atoms with Crippen molar-refractivity contribution >= 4 is 29.3 Å². The van der Waals surface area contributed by atoms with Gasteiger partial charge in [0.2, 0.25) is 5.78 Å². The lowest BCUT2D eigenvalue weighted by molar-refractivity contribution is -0.134. The van der Waals surface area contributed by atoms with Gasteiger partial charge in [0.15, 0.2) is 6.29 Å². The van der Waals surface area contributed by atoms with Crippen molar-refractivity contribution in [2.45, 2.75) is 32.2 Å². The molecule has 0 aliphatic carbocycles. The van der Waals surface area contributed by atoms with E-state index in [4.69, 9.17) is 10.6 Å². The average Bonchev–Trinajstić information content (AvgIpc) is 2.91. The lowest BCUT2D eigenvalue weighted by Gasteiger charge is -2.40. The molecule has 0 fully saturated rings. The van der Waals surface area contributed by atoms with Gasteiger partial charge in [-0.25, -0.2) is 10.6 Å². The number of benzene rings is 2. The fraction of sp³-hybridized carbons (Fsp3) is 0.393. The van der Waals surface area contributed by atoms with E-state index >= 15 is 0 Å². The quantitative estimate of drug-likeness (QED) is 0.178. The summed E-state index contributed by atoms with van der Waals surface area (Å²) in [6, 6.07) is 14.7. The first-order valence-electron chi connectivity index (χ1n) is 12.5. The summed E-state index contributed by atoms with van der Waals surface area (Å²) >= 11 is 0. The molecule has 0 saturated carbocycles. The van der Waals surface area contributed by atoms with Gasteiger partial charge < -0.3 is 4.74 Å². The molecular formula is C28H34N4O4. The minimum atomic E-state index is -0.708. The first-order chi connectivity index (χ1) is 17.5. The van der Waals surface area contributed by atoms with Gasteiger partial charge in [0.05, 0.1) is 24.5 Å². The molecule has 2 aliphatic heterocycles. The van der Waals surface area contributed by atoms with Crippen LogP contribution in [0.4, 0.5) is 5.69 Å². The number of esters is 1. The summed E-state index contributed by atoms with van der Waals surface area (Å²) in [4.78, 5) is 40.6. The Balaban J connectivity index is 1.35. The van der Waals surface area contributed by atoms with E-state index in [9.17, 15) is 14.4 Å². The maximum atomic E-state index is 12.6. The van der Waals surface area contributed by atoms with Crippen LogP contribution < -0.4 is 10.9 Å². The zero-order valence-corrected chi connectivity index (χ0v) is 20.8. The molecule has 0 radical (unpaired) electrons. The summed E-state index contributed by atoms with van der Waals surface area (Å²) in [6.07, 6.45) is 5.58. The molecule has 2 N–H and O–H groups in total. The molecular weight excluding hydrogens is 456 g/mol. The number of rotatable bonds is 10. The molecule has 4 rings (SSSR count). The third kappa shape index (κ3) is 5.90. The van der Waals surface area contributed by atoms with Crippen molar-refractivity contribution in [1.29, 1.82) is 0 Å². The zero-order valence-electron chi connectivity index (χ0n) is 20.8. The van der Waals surface area contributed by atoms with Gasteiger partial charge in [-0.05, 0) is 56.0 Å². The van der Waals surface area contributed by atoms with Crippen molar-refractivity contribution in [3.63, 3.8) is 0 Å². The fourth-order valence-corrected chi connectivity index (χ4v) is 4.99. The third-order valence-corrected chi connectivity index (χ3v) is 6.84. The van der Waals surface area contributed by atoms with Crippen molar-refractivity contribution in [3.8, 4) is 0 Å². The first-order valence-corrected chi connectivity index (χ1v) is 12.5. The van der Waals surface area contributed by atoms with Crippen molar-refractivity contribution in [2.24, 2.45) is 5.84 Å². The van der Waals surface area contributed by atoms with Crippen LogP contribution >= 0.6 is 0 Å². The van der Waals surface area contributed by atoms with E-state index in [0.717, 1.165) is 38.9 Å². The molecule has 8 nitrogen and oxygen atoms in total. The van der Waals surface area contributed by atoms with Crippen molar-refractivity contribution < 1.29 is 19.1 Å². The second kappa shape index (κ2) is 12.1. The molecule has 0 saturated heterocycles. The van der Waals surface area contributed by atoms with Crippen molar-refractivity contribution in [2.75, 3.05) is 44.5 Å². The van der Waals surface area contributed by atoms with Gasteiger partial charge in [0.1, 0.15) is 6.04 Å². The normalized spacial score (nSPS) is 18.3. The van der Waals surface area contributed by atoms with Gasteiger partial charge >= 0.3 is 5.97 Å². The van der Waals surface area contributed by atoms with Crippen LogP contribution in [0.1, 0.15) is 53.7 Å². The molecule has 2 heterocycles. The summed E-state index contributed by atoms with van der Waals surface area (Å²) in [5.74, 6) is 5.33. The summed E-state index contributed by atoms with van der Waals surface area (Å²) in [5.41, 5.74) is 4.26. The van der Waals surface area contributed by atoms with Crippen molar-refractivity contribution in [1.82, 2.24) is 9.80 Å². The van der Waals surface area contributed by atoms with Gasteiger partial charge in [-0.2, -0.15) is 0 Å². The number of anilines is 1. The number of carbonyl (C=O) groups excluding carboxylic acids is 3. The van der Waals surface area contributed by atoms with Gasteiger partial charge in [0, 0.05) is 25.2 Å². The van der Waals surface area contributed by atoms with Crippen LogP contribution in [0.2, 0.25) is 0 Å². The number of ether oxygens (including phenoxy) is 1. The Morgan fingerprint density at radius 3 is 2.58 bits per heavy atom. The molecule has 36 heavy (non-hydrogen) atoms. The van der Waals surface area contributed by atoms with E-state index < -0.39 is 17.8 Å². The van der Waals surface area contributed by atoms with Crippen molar-refractivity contribution in [3.05, 3.63) is 71.3 Å². The second-order valence-electron chi connectivity index (χ2n) is 9.19. The van der Waals surface area contributed by atoms with Crippen LogP contribution in [0.3, 0.4) is 0 Å². The number of Topliss-reactive ketones (excluding diaryl/α,β-unsaturated/α-hetero) is 1. The van der Waals surface area contributed by atoms with E-state index in [0.29, 0.717) is 29.6 Å². The number of nitrogens with two attached hydrogens (primary N) is 1. The fourth-order valence-electron chi connectivity index (χ4n) is 4.99. The van der Waals surface area contributed by atoms with Gasteiger partial charge in [-0.3, -0.25) is 24.4 Å². The van der Waals surface area contributed by atoms with Crippen LogP contribution in [0.25, 0.3) is 5.57 Å². The molecule has 2 aromatic rings. The molecule has 0 spiro atoms. The predicted octanol–water partition coefficient (Wildman–Crippen LogP) is 3.20. The topological polar surface area (TPSA) is 96.2 Å². The smallest absolute Gasteiger partial charge is 0.338 e. The molecule has 0 aromatic heterocycles. The van der Waals surface area contributed by atoms with Crippen LogP contribution in [0.5, 0.6) is 0 Å². The molecule has 2 aromatic carbocycles. The molecule has 1 atom stereocenters. The number of aldehydes is 1. The van der Waals surface area contributed by atoms with Crippen LogP contribution in [0, 0.1) is 0 Å². The van der Waals surface area contributed by atoms with Crippen LogP contribution in [0.15, 0.2) is 54.6 Å². The SMILES string of the molecule is CCOC(=O)c1ccc2c(c1)N(N)CN(CCCCN1CC=C(c3ccccc3)CC1)C2C(=O)C=O. The highest BCUT2D eigenvalue weighted by Crippen LogP contribution is 2.35. The molecule has 0 amide bonds. The third-order valence-electron chi connectivity index (χ3n) is 6.84. The van der Waals surface area contributed by atoms with Gasteiger partial charge in [0.25, 0.3) is 0 Å². The average molecular weight is 491 g/mol. The Hall–Kier alpha value is -3.33. The van der Waals surface area contributed by atoms with E-state index in [1.807, 2.05) is 11.0 Å². The Bertz CT molecular complexity index is 1120. The molecule has 190 valence electrons. The van der Waals surface area contributed by atoms with E-state index in [1.54, 1.807) is 25.1 Å². The number of fused-ring (bicyclic) bond motifs is 1. The van der Waals surface area contributed by atoms with Gasteiger partial charge in [-0.1, -0.05) is 42.5 Å². The Labute approximate surface area is 212 Å². The maximum Gasteiger partial charge on any atom is 0.338 e. The second-order valence-corrected chi connectivity index (χ2v) is 9.19. The van der Waals surface area contributed by atoms with E-state index in [1.165, 1.54) is 16.1 Å². The number of hydrazine groups is 1. The Kier molecular flexibility index (Phi) is 8.64. The van der Waals surface area contributed by atoms with E-state index in [2.05, 4.69) is 35.2 Å². The molecule has 1 unspecified atom stereocenters. The Morgan fingerprint density at radius 1 is 1.11 bits per heavy atom. The number of carbonyl (C=O) groups is 3. The summed E-state index contributed by atoms with van der Waals surface area (Å²) in [5, 5.41) is 1.52. The van der Waals surface area contributed by atoms with Crippen LogP contribution in [-0.2, 0) is 14.3 Å². The highest BCUT2D eigenvalue weighted by atomic mass is 16.5.